The van der Waals surface area contributed by atoms with Gasteiger partial charge >= 0.3 is 0 Å². The van der Waals surface area contributed by atoms with E-state index in [1.54, 1.807) is 0 Å². The van der Waals surface area contributed by atoms with Gasteiger partial charge in [-0.15, -0.1) is 0 Å². The van der Waals surface area contributed by atoms with E-state index in [4.69, 9.17) is 4.98 Å². The number of hydrogen-bond donors (Lipinski definition) is 0. The lowest BCUT2D eigenvalue weighted by Crippen LogP contribution is -1.98. The summed E-state index contributed by atoms with van der Waals surface area (Å²) in [6.45, 7) is 2.20. The monoisotopic (exact) mass is 676 g/mol. The number of aromatic nitrogens is 2. The lowest BCUT2D eigenvalue weighted by atomic mass is 9.85. The van der Waals surface area contributed by atoms with Crippen LogP contribution >= 0.6 is 0 Å². The zero-order valence-electron chi connectivity index (χ0n) is 29.5. The van der Waals surface area contributed by atoms with Crippen molar-refractivity contribution >= 4 is 43.4 Å². The molecule has 1 heterocycles. The summed E-state index contributed by atoms with van der Waals surface area (Å²) in [4.78, 5) is 5.25. The Kier molecular flexibility index (Phi) is 7.47. The first-order valence-corrected chi connectivity index (χ1v) is 18.4. The number of aryl methyl sites for hydroxylation is 1. The molecule has 1 aromatic heterocycles. The molecule has 0 N–H and O–H groups in total. The first-order valence-electron chi connectivity index (χ1n) is 18.4. The molecule has 0 radical (unpaired) electrons. The van der Waals surface area contributed by atoms with Crippen LogP contribution in [-0.2, 0) is 6.42 Å². The van der Waals surface area contributed by atoms with E-state index < -0.39 is 0 Å². The fraction of sp³-hybridized carbons (Fsp3) is 0.0392. The van der Waals surface area contributed by atoms with Gasteiger partial charge in [-0.25, -0.2) is 4.98 Å². The minimum atomic E-state index is 0.941. The van der Waals surface area contributed by atoms with Crippen LogP contribution in [0.3, 0.4) is 0 Å². The van der Waals surface area contributed by atoms with E-state index in [2.05, 4.69) is 200 Å². The lowest BCUT2D eigenvalue weighted by Gasteiger charge is -2.18. The van der Waals surface area contributed by atoms with Gasteiger partial charge in [-0.2, -0.15) is 0 Å². The van der Waals surface area contributed by atoms with Crippen LogP contribution in [0.1, 0.15) is 12.5 Å². The Labute approximate surface area is 309 Å². The average molecular weight is 677 g/mol. The maximum absolute atomic E-state index is 5.25. The summed E-state index contributed by atoms with van der Waals surface area (Å²) in [5.74, 6) is 0.941. The van der Waals surface area contributed by atoms with E-state index >= 15 is 0 Å². The fourth-order valence-corrected chi connectivity index (χ4v) is 8.12. The van der Waals surface area contributed by atoms with Gasteiger partial charge in [-0.05, 0) is 108 Å². The summed E-state index contributed by atoms with van der Waals surface area (Å²) >= 11 is 0. The molecule has 10 aromatic rings. The second kappa shape index (κ2) is 12.8. The molecule has 0 fully saturated rings. The Bertz CT molecular complexity index is 2900. The van der Waals surface area contributed by atoms with E-state index in [9.17, 15) is 0 Å². The van der Waals surface area contributed by atoms with Gasteiger partial charge in [-0.1, -0.05) is 165 Å². The molecule has 250 valence electrons. The Morgan fingerprint density at radius 2 is 0.943 bits per heavy atom. The highest BCUT2D eigenvalue weighted by atomic mass is 15.1. The van der Waals surface area contributed by atoms with Gasteiger partial charge in [0, 0.05) is 11.3 Å². The molecule has 0 aliphatic heterocycles. The number of benzene rings is 9. The zero-order chi connectivity index (χ0) is 35.3. The minimum absolute atomic E-state index is 0.941. The highest BCUT2D eigenvalue weighted by Gasteiger charge is 2.19. The SMILES string of the molecule is CCc1ccc2c(c1)nc(-c1ccc(-c3ccccc3)cc1)n2-c1ccc(-c2c3ccccc3c(-c3ccc4ccccc4c3)c3ccccc23)cc1. The van der Waals surface area contributed by atoms with E-state index in [-0.39, 0.29) is 0 Å². The summed E-state index contributed by atoms with van der Waals surface area (Å²) < 4.78 is 2.31. The van der Waals surface area contributed by atoms with Crippen molar-refractivity contribution in [2.75, 3.05) is 0 Å². The standard InChI is InChI=1S/C51H36N2/c1-2-34-20-31-48-47(32-34)52-51(39-24-21-37(22-25-39)35-12-4-3-5-13-35)53(48)42-29-27-38(28-30-42)49-43-16-8-10-18-45(43)50(46-19-11-9-17-44(46)49)41-26-23-36-14-6-7-15-40(36)33-41/h3-33H,2H2,1H3. The van der Waals surface area contributed by atoms with Crippen molar-refractivity contribution in [1.82, 2.24) is 9.55 Å². The van der Waals surface area contributed by atoms with Crippen LogP contribution in [0.2, 0.25) is 0 Å². The van der Waals surface area contributed by atoms with Gasteiger partial charge in [0.2, 0.25) is 0 Å². The Morgan fingerprint density at radius 3 is 1.60 bits per heavy atom. The predicted molar refractivity (Wildman–Crippen MR) is 225 cm³/mol. The number of imidazole rings is 1. The summed E-state index contributed by atoms with van der Waals surface area (Å²) in [7, 11) is 0. The van der Waals surface area contributed by atoms with Crippen molar-refractivity contribution in [1.29, 1.82) is 0 Å². The van der Waals surface area contributed by atoms with Crippen LogP contribution in [0.5, 0.6) is 0 Å². The molecule has 0 unspecified atom stereocenters. The lowest BCUT2D eigenvalue weighted by molar-refractivity contribution is 1.10. The van der Waals surface area contributed by atoms with Crippen molar-refractivity contribution in [2.45, 2.75) is 13.3 Å². The van der Waals surface area contributed by atoms with Crippen LogP contribution < -0.4 is 0 Å². The van der Waals surface area contributed by atoms with Gasteiger partial charge in [0.05, 0.1) is 11.0 Å². The maximum Gasteiger partial charge on any atom is 0.145 e. The van der Waals surface area contributed by atoms with Crippen molar-refractivity contribution in [3.05, 3.63) is 194 Å². The molecule has 0 saturated carbocycles. The highest BCUT2D eigenvalue weighted by molar-refractivity contribution is 6.21. The third-order valence-corrected chi connectivity index (χ3v) is 10.8. The van der Waals surface area contributed by atoms with Gasteiger partial charge in [0.15, 0.2) is 0 Å². The number of fused-ring (bicyclic) bond motifs is 4. The fourth-order valence-electron chi connectivity index (χ4n) is 8.12. The molecule has 2 heteroatoms. The molecular formula is C51H36N2. The molecule has 0 saturated heterocycles. The Hall–Kier alpha value is -6.77. The van der Waals surface area contributed by atoms with Crippen LogP contribution in [-0.4, -0.2) is 9.55 Å². The molecule has 53 heavy (non-hydrogen) atoms. The first kappa shape index (κ1) is 31.0. The van der Waals surface area contributed by atoms with Crippen LogP contribution in [0.15, 0.2) is 188 Å². The van der Waals surface area contributed by atoms with Gasteiger partial charge in [-0.3, -0.25) is 4.57 Å². The highest BCUT2D eigenvalue weighted by Crippen LogP contribution is 2.44. The largest absolute Gasteiger partial charge is 0.292 e. The Morgan fingerprint density at radius 1 is 0.415 bits per heavy atom. The van der Waals surface area contributed by atoms with E-state index in [1.165, 1.54) is 71.3 Å². The van der Waals surface area contributed by atoms with Crippen molar-refractivity contribution in [3.63, 3.8) is 0 Å². The number of nitrogens with zero attached hydrogens (tertiary/aromatic N) is 2. The number of hydrogen-bond acceptors (Lipinski definition) is 1. The third-order valence-electron chi connectivity index (χ3n) is 10.8. The van der Waals surface area contributed by atoms with Crippen LogP contribution in [0, 0.1) is 0 Å². The van der Waals surface area contributed by atoms with Gasteiger partial charge in [0.1, 0.15) is 5.82 Å². The number of rotatable bonds is 6. The minimum Gasteiger partial charge on any atom is -0.292 e. The second-order valence-electron chi connectivity index (χ2n) is 13.8. The normalized spacial score (nSPS) is 11.6. The Balaban J connectivity index is 1.13. The molecule has 2 nitrogen and oxygen atoms in total. The zero-order valence-corrected chi connectivity index (χ0v) is 29.5. The smallest absolute Gasteiger partial charge is 0.145 e. The van der Waals surface area contributed by atoms with E-state index in [1.807, 2.05) is 0 Å². The molecule has 0 aliphatic carbocycles. The van der Waals surface area contributed by atoms with Crippen LogP contribution in [0.4, 0.5) is 0 Å². The average Bonchev–Trinajstić information content (AvgIpc) is 3.62. The molecule has 9 aromatic carbocycles. The van der Waals surface area contributed by atoms with E-state index in [0.717, 1.165) is 34.5 Å². The van der Waals surface area contributed by atoms with E-state index in [0.29, 0.717) is 0 Å². The molecule has 10 rings (SSSR count). The molecule has 0 amide bonds. The van der Waals surface area contributed by atoms with Gasteiger partial charge < -0.3 is 0 Å². The van der Waals surface area contributed by atoms with Gasteiger partial charge in [0.25, 0.3) is 0 Å². The van der Waals surface area contributed by atoms with Crippen molar-refractivity contribution < 1.29 is 0 Å². The maximum atomic E-state index is 5.25. The molecule has 0 bridgehead atoms. The van der Waals surface area contributed by atoms with Crippen molar-refractivity contribution in [2.24, 2.45) is 0 Å². The van der Waals surface area contributed by atoms with Crippen molar-refractivity contribution in [3.8, 4) is 50.5 Å². The quantitative estimate of drug-likeness (QED) is 0.160. The predicted octanol–water partition coefficient (Wildman–Crippen LogP) is 13.7. The molecular weight excluding hydrogens is 641 g/mol. The molecule has 0 atom stereocenters. The molecule has 0 spiro atoms. The summed E-state index contributed by atoms with van der Waals surface area (Å²) in [5.41, 5.74) is 12.9. The third kappa shape index (κ3) is 5.30. The summed E-state index contributed by atoms with van der Waals surface area (Å²) in [5, 5.41) is 7.53. The van der Waals surface area contributed by atoms with Crippen LogP contribution in [0.25, 0.3) is 93.8 Å². The topological polar surface area (TPSA) is 17.8 Å². The molecule has 0 aliphatic rings. The summed E-state index contributed by atoms with van der Waals surface area (Å²) in [6.07, 6.45) is 0.972. The summed E-state index contributed by atoms with van der Waals surface area (Å²) in [6, 6.07) is 68.4. The first-order chi connectivity index (χ1) is 26.2. The second-order valence-corrected chi connectivity index (χ2v) is 13.8.